The first kappa shape index (κ1) is 13.5. The fourth-order valence-corrected chi connectivity index (χ4v) is 3.40. The maximum Gasteiger partial charge on any atom is 0.244 e. The summed E-state index contributed by atoms with van der Waals surface area (Å²) in [5, 5.41) is 10.0. The van der Waals surface area contributed by atoms with E-state index in [4.69, 9.17) is 0 Å². The number of hydrogen-bond donors (Lipinski definition) is 3. The van der Waals surface area contributed by atoms with Crippen LogP contribution in [-0.2, 0) is 16.6 Å². The molecule has 0 spiro atoms. The second kappa shape index (κ2) is 4.99. The Morgan fingerprint density at radius 3 is 2.67 bits per heavy atom. The van der Waals surface area contributed by atoms with Crippen LogP contribution in [0.5, 0.6) is 0 Å². The molecule has 0 saturated heterocycles. The number of aromatic amines is 1. The molecule has 3 N–H and O–H groups in total. The summed E-state index contributed by atoms with van der Waals surface area (Å²) in [6, 6.07) is 0.393. The third-order valence-electron chi connectivity index (χ3n) is 2.81. The molecule has 2 rings (SSSR count). The van der Waals surface area contributed by atoms with Crippen LogP contribution < -0.4 is 10.0 Å². The highest BCUT2D eigenvalue weighted by molar-refractivity contribution is 7.89. The molecule has 1 saturated carbocycles. The number of H-pyrrole nitrogens is 1. The van der Waals surface area contributed by atoms with Gasteiger partial charge in [-0.1, -0.05) is 13.8 Å². The highest BCUT2D eigenvalue weighted by Crippen LogP contribution is 2.24. The molecule has 6 nitrogen and oxygen atoms in total. The normalized spacial score (nSPS) is 16.4. The standard InChI is InChI=1S/C11H20N4O2S/c1-7(2)12-6-10-11(8(3)13-14-10)18(16,17)15-9-4-5-9/h7,9,12,15H,4-6H2,1-3H3,(H,13,14). The number of rotatable bonds is 6. The first-order valence-electron chi connectivity index (χ1n) is 6.19. The van der Waals surface area contributed by atoms with Gasteiger partial charge in [0.2, 0.25) is 10.0 Å². The summed E-state index contributed by atoms with van der Waals surface area (Å²) in [5.74, 6) is 0. The smallest absolute Gasteiger partial charge is 0.244 e. The summed E-state index contributed by atoms with van der Waals surface area (Å²) in [4.78, 5) is 0.294. The molecule has 1 aromatic heterocycles. The van der Waals surface area contributed by atoms with Crippen LogP contribution in [0.2, 0.25) is 0 Å². The fourth-order valence-electron chi connectivity index (χ4n) is 1.73. The molecule has 1 aromatic rings. The average Bonchev–Trinajstić information content (AvgIpc) is 2.95. The monoisotopic (exact) mass is 272 g/mol. The lowest BCUT2D eigenvalue weighted by atomic mass is 10.3. The summed E-state index contributed by atoms with van der Waals surface area (Å²) < 4.78 is 27.1. The van der Waals surface area contributed by atoms with Crippen LogP contribution in [0, 0.1) is 6.92 Å². The van der Waals surface area contributed by atoms with Gasteiger partial charge in [-0.25, -0.2) is 13.1 Å². The first-order chi connectivity index (χ1) is 8.40. The minimum atomic E-state index is -3.45. The molecule has 0 unspecified atom stereocenters. The SMILES string of the molecule is Cc1[nH]nc(CNC(C)C)c1S(=O)(=O)NC1CC1. The quantitative estimate of drug-likeness (QED) is 0.710. The van der Waals surface area contributed by atoms with Gasteiger partial charge < -0.3 is 5.32 Å². The molecule has 0 radical (unpaired) electrons. The lowest BCUT2D eigenvalue weighted by Gasteiger charge is -2.09. The van der Waals surface area contributed by atoms with Crippen molar-refractivity contribution in [3.05, 3.63) is 11.4 Å². The molecule has 0 aliphatic heterocycles. The zero-order chi connectivity index (χ0) is 13.3. The highest BCUT2D eigenvalue weighted by Gasteiger charge is 2.31. The Kier molecular flexibility index (Phi) is 3.74. The van der Waals surface area contributed by atoms with Crippen molar-refractivity contribution >= 4 is 10.0 Å². The Hall–Kier alpha value is -0.920. The van der Waals surface area contributed by atoms with Gasteiger partial charge in [0.15, 0.2) is 0 Å². The molecule has 1 aliphatic rings. The zero-order valence-corrected chi connectivity index (χ0v) is 11.8. The highest BCUT2D eigenvalue weighted by atomic mass is 32.2. The average molecular weight is 272 g/mol. The molecule has 1 aliphatic carbocycles. The molecular formula is C11H20N4O2S. The number of hydrogen-bond acceptors (Lipinski definition) is 4. The van der Waals surface area contributed by atoms with Crippen molar-refractivity contribution < 1.29 is 8.42 Å². The van der Waals surface area contributed by atoms with Gasteiger partial charge in [-0.15, -0.1) is 0 Å². The second-order valence-electron chi connectivity index (χ2n) is 5.06. The predicted molar refractivity (Wildman–Crippen MR) is 68.6 cm³/mol. The van der Waals surface area contributed by atoms with Gasteiger partial charge in [0.1, 0.15) is 4.90 Å². The van der Waals surface area contributed by atoms with Gasteiger partial charge >= 0.3 is 0 Å². The molecule has 0 bridgehead atoms. The van der Waals surface area contributed by atoms with Crippen LogP contribution in [-0.4, -0.2) is 30.7 Å². The first-order valence-corrected chi connectivity index (χ1v) is 7.68. The summed E-state index contributed by atoms with van der Waals surface area (Å²) in [6.45, 7) is 6.20. The van der Waals surface area contributed by atoms with E-state index >= 15 is 0 Å². The topological polar surface area (TPSA) is 86.9 Å². The lowest BCUT2D eigenvalue weighted by Crippen LogP contribution is -2.28. The molecular weight excluding hydrogens is 252 g/mol. The van der Waals surface area contributed by atoms with E-state index in [1.165, 1.54) is 0 Å². The van der Waals surface area contributed by atoms with Gasteiger partial charge in [0.05, 0.1) is 11.4 Å². The molecule has 0 atom stereocenters. The molecule has 1 heterocycles. The zero-order valence-electron chi connectivity index (χ0n) is 10.9. The van der Waals surface area contributed by atoms with E-state index < -0.39 is 10.0 Å². The number of nitrogens with zero attached hydrogens (tertiary/aromatic N) is 1. The Bertz CT molecular complexity index is 517. The minimum Gasteiger partial charge on any atom is -0.309 e. The molecule has 7 heteroatoms. The maximum absolute atomic E-state index is 12.2. The fraction of sp³-hybridized carbons (Fsp3) is 0.727. The van der Waals surface area contributed by atoms with Crippen molar-refractivity contribution in [3.8, 4) is 0 Å². The summed E-state index contributed by atoms with van der Waals surface area (Å²) in [5.41, 5.74) is 1.14. The van der Waals surface area contributed by atoms with Crippen molar-refractivity contribution in [1.29, 1.82) is 0 Å². The number of nitrogens with one attached hydrogen (secondary N) is 3. The minimum absolute atomic E-state index is 0.107. The van der Waals surface area contributed by atoms with Crippen molar-refractivity contribution in [3.63, 3.8) is 0 Å². The van der Waals surface area contributed by atoms with Gasteiger partial charge in [-0.05, 0) is 19.8 Å². The van der Waals surface area contributed by atoms with Gasteiger partial charge in [0, 0.05) is 18.6 Å². The molecule has 1 fully saturated rings. The van der Waals surface area contributed by atoms with E-state index in [1.807, 2.05) is 13.8 Å². The largest absolute Gasteiger partial charge is 0.309 e. The van der Waals surface area contributed by atoms with E-state index in [-0.39, 0.29) is 12.1 Å². The summed E-state index contributed by atoms with van der Waals surface area (Å²) in [7, 11) is -3.45. The molecule has 0 amide bonds. The van der Waals surface area contributed by atoms with Crippen molar-refractivity contribution in [2.75, 3.05) is 0 Å². The van der Waals surface area contributed by atoms with E-state index in [2.05, 4.69) is 20.2 Å². The van der Waals surface area contributed by atoms with Gasteiger partial charge in [-0.2, -0.15) is 5.10 Å². The Morgan fingerprint density at radius 2 is 2.11 bits per heavy atom. The van der Waals surface area contributed by atoms with Crippen molar-refractivity contribution in [2.45, 2.75) is 57.1 Å². The summed E-state index contributed by atoms with van der Waals surface area (Å²) in [6.07, 6.45) is 1.85. The van der Waals surface area contributed by atoms with Crippen molar-refractivity contribution in [1.82, 2.24) is 20.2 Å². The molecule has 18 heavy (non-hydrogen) atoms. The number of aromatic nitrogens is 2. The number of aryl methyl sites for hydroxylation is 1. The van der Waals surface area contributed by atoms with E-state index in [0.29, 0.717) is 22.8 Å². The van der Waals surface area contributed by atoms with Gasteiger partial charge in [-0.3, -0.25) is 5.10 Å². The van der Waals surface area contributed by atoms with Crippen LogP contribution in [0.25, 0.3) is 0 Å². The van der Waals surface area contributed by atoms with Crippen LogP contribution in [0.1, 0.15) is 38.1 Å². The van der Waals surface area contributed by atoms with Crippen LogP contribution in [0.3, 0.4) is 0 Å². The maximum atomic E-state index is 12.2. The lowest BCUT2D eigenvalue weighted by molar-refractivity contribution is 0.563. The van der Waals surface area contributed by atoms with E-state index in [1.54, 1.807) is 6.92 Å². The third kappa shape index (κ3) is 3.09. The van der Waals surface area contributed by atoms with Crippen LogP contribution >= 0.6 is 0 Å². The van der Waals surface area contributed by atoms with E-state index in [9.17, 15) is 8.42 Å². The third-order valence-corrected chi connectivity index (χ3v) is 4.53. The summed E-state index contributed by atoms with van der Waals surface area (Å²) >= 11 is 0. The number of sulfonamides is 1. The van der Waals surface area contributed by atoms with E-state index in [0.717, 1.165) is 12.8 Å². The van der Waals surface area contributed by atoms with Crippen LogP contribution in [0.4, 0.5) is 0 Å². The second-order valence-corrected chi connectivity index (χ2v) is 6.71. The molecule has 0 aromatic carbocycles. The predicted octanol–water partition coefficient (Wildman–Crippen LogP) is 0.657. The van der Waals surface area contributed by atoms with Gasteiger partial charge in [0.25, 0.3) is 0 Å². The molecule has 102 valence electrons. The van der Waals surface area contributed by atoms with Crippen LogP contribution in [0.15, 0.2) is 4.90 Å². The Balaban J connectivity index is 2.22. The van der Waals surface area contributed by atoms with Crippen molar-refractivity contribution in [2.24, 2.45) is 0 Å². The Morgan fingerprint density at radius 1 is 1.44 bits per heavy atom. The Labute approximate surface area is 108 Å².